The van der Waals surface area contributed by atoms with Crippen molar-refractivity contribution in [3.8, 4) is 0 Å². The second-order valence-corrected chi connectivity index (χ2v) is 3.33. The first kappa shape index (κ1) is 11.2. The number of furan rings is 1. The van der Waals surface area contributed by atoms with E-state index in [9.17, 15) is 9.59 Å². The lowest BCUT2D eigenvalue weighted by molar-refractivity contribution is 0.112. The molecule has 0 aliphatic rings. The van der Waals surface area contributed by atoms with Gasteiger partial charge in [0.15, 0.2) is 6.29 Å². The second-order valence-electron chi connectivity index (χ2n) is 3.33. The summed E-state index contributed by atoms with van der Waals surface area (Å²) in [6.45, 7) is 2.00. The van der Waals surface area contributed by atoms with Crippen LogP contribution in [0.4, 0.5) is 10.5 Å². The highest BCUT2D eigenvalue weighted by Crippen LogP contribution is 2.27. The molecule has 1 N–H and O–H groups in total. The lowest BCUT2D eigenvalue weighted by Crippen LogP contribution is -2.13. The molecule has 1 aromatic carbocycles. The average Bonchev–Trinajstić information content (AvgIpc) is 2.73. The minimum Gasteiger partial charge on any atom is -0.463 e. The summed E-state index contributed by atoms with van der Waals surface area (Å²) in [6, 6.07) is 5.13. The van der Waals surface area contributed by atoms with Crippen LogP contribution in [0.15, 0.2) is 28.9 Å². The zero-order valence-corrected chi connectivity index (χ0v) is 9.23. The lowest BCUT2D eigenvalue weighted by atomic mass is 10.1. The first-order valence-corrected chi connectivity index (χ1v) is 5.15. The van der Waals surface area contributed by atoms with Crippen molar-refractivity contribution in [2.75, 3.05) is 11.9 Å². The quantitative estimate of drug-likeness (QED) is 0.827. The minimum atomic E-state index is -0.557. The van der Waals surface area contributed by atoms with E-state index in [1.54, 1.807) is 25.1 Å². The average molecular weight is 233 g/mol. The Hall–Kier alpha value is -2.30. The van der Waals surface area contributed by atoms with Crippen molar-refractivity contribution < 1.29 is 18.7 Å². The fourth-order valence-corrected chi connectivity index (χ4v) is 1.58. The van der Waals surface area contributed by atoms with Gasteiger partial charge in [-0.05, 0) is 19.1 Å². The first-order valence-electron chi connectivity index (χ1n) is 5.15. The predicted molar refractivity (Wildman–Crippen MR) is 62.2 cm³/mol. The first-order chi connectivity index (χ1) is 8.26. The maximum absolute atomic E-state index is 11.3. The molecule has 0 saturated heterocycles. The molecule has 0 bridgehead atoms. The van der Waals surface area contributed by atoms with Crippen LogP contribution in [-0.2, 0) is 4.74 Å². The molecule has 0 atom stereocenters. The number of fused-ring (bicyclic) bond motifs is 1. The van der Waals surface area contributed by atoms with Crippen LogP contribution in [0, 0.1) is 0 Å². The van der Waals surface area contributed by atoms with Crippen molar-refractivity contribution in [3.05, 3.63) is 30.0 Å². The van der Waals surface area contributed by atoms with Gasteiger partial charge in [-0.25, -0.2) is 4.79 Å². The van der Waals surface area contributed by atoms with Gasteiger partial charge in [0.2, 0.25) is 0 Å². The number of carbonyl (C=O) groups is 2. The topological polar surface area (TPSA) is 68.5 Å². The number of carbonyl (C=O) groups excluding carboxylic acids is 2. The molecule has 17 heavy (non-hydrogen) atoms. The molecule has 2 rings (SSSR count). The van der Waals surface area contributed by atoms with Crippen molar-refractivity contribution in [1.82, 2.24) is 0 Å². The maximum Gasteiger partial charge on any atom is 0.411 e. The van der Waals surface area contributed by atoms with Crippen LogP contribution in [0.25, 0.3) is 11.0 Å². The largest absolute Gasteiger partial charge is 0.463 e. The Balaban J connectivity index is 2.42. The molecule has 0 fully saturated rings. The van der Waals surface area contributed by atoms with Crippen LogP contribution < -0.4 is 5.32 Å². The van der Waals surface area contributed by atoms with Crippen molar-refractivity contribution >= 4 is 29.0 Å². The Bertz CT molecular complexity index is 559. The summed E-state index contributed by atoms with van der Waals surface area (Å²) in [5.41, 5.74) is 1.44. The molecule has 0 spiro atoms. The molecule has 1 amide bonds. The van der Waals surface area contributed by atoms with E-state index in [2.05, 4.69) is 5.32 Å². The number of hydrogen-bond acceptors (Lipinski definition) is 4. The van der Waals surface area contributed by atoms with E-state index in [-0.39, 0.29) is 6.61 Å². The van der Waals surface area contributed by atoms with Gasteiger partial charge in [0.05, 0.1) is 23.2 Å². The maximum atomic E-state index is 11.3. The number of benzene rings is 1. The van der Waals surface area contributed by atoms with Crippen LogP contribution in [0.5, 0.6) is 0 Å². The van der Waals surface area contributed by atoms with E-state index in [0.717, 1.165) is 0 Å². The standard InChI is InChI=1S/C12H11NO4/c1-2-16-12(15)13-9-4-3-5-10-11(9)8(6-14)7-17-10/h3-7H,2H2,1H3,(H,13,15). The molecular weight excluding hydrogens is 222 g/mol. The van der Waals surface area contributed by atoms with Crippen molar-refractivity contribution in [2.45, 2.75) is 6.92 Å². The normalized spacial score (nSPS) is 10.2. The lowest BCUT2D eigenvalue weighted by Gasteiger charge is -2.06. The van der Waals surface area contributed by atoms with E-state index in [4.69, 9.17) is 9.15 Å². The van der Waals surface area contributed by atoms with Gasteiger partial charge in [-0.3, -0.25) is 10.1 Å². The summed E-state index contributed by atoms with van der Waals surface area (Å²) in [7, 11) is 0. The fraction of sp³-hybridized carbons (Fsp3) is 0.167. The van der Waals surface area contributed by atoms with E-state index in [0.29, 0.717) is 28.5 Å². The van der Waals surface area contributed by atoms with Crippen LogP contribution in [0.3, 0.4) is 0 Å². The highest BCUT2D eigenvalue weighted by Gasteiger charge is 2.12. The molecule has 5 nitrogen and oxygen atoms in total. The summed E-state index contributed by atoms with van der Waals surface area (Å²) < 4.78 is 9.97. The zero-order valence-electron chi connectivity index (χ0n) is 9.23. The number of anilines is 1. The molecule has 0 aliphatic carbocycles. The molecule has 0 saturated carbocycles. The number of ether oxygens (including phenoxy) is 1. The third-order valence-corrected chi connectivity index (χ3v) is 2.27. The van der Waals surface area contributed by atoms with Crippen LogP contribution in [0.1, 0.15) is 17.3 Å². The second kappa shape index (κ2) is 4.69. The van der Waals surface area contributed by atoms with E-state index >= 15 is 0 Å². The molecule has 0 radical (unpaired) electrons. The summed E-state index contributed by atoms with van der Waals surface area (Å²) in [6.07, 6.45) is 1.48. The highest BCUT2D eigenvalue weighted by atomic mass is 16.5. The highest BCUT2D eigenvalue weighted by molar-refractivity contribution is 6.06. The molecule has 1 aromatic heterocycles. The third-order valence-electron chi connectivity index (χ3n) is 2.27. The van der Waals surface area contributed by atoms with Gasteiger partial charge in [-0.2, -0.15) is 0 Å². The summed E-state index contributed by atoms with van der Waals surface area (Å²) in [5.74, 6) is 0. The van der Waals surface area contributed by atoms with Crippen LogP contribution >= 0.6 is 0 Å². The van der Waals surface area contributed by atoms with Gasteiger partial charge in [0, 0.05) is 0 Å². The van der Waals surface area contributed by atoms with Gasteiger partial charge in [0.1, 0.15) is 11.8 Å². The Morgan fingerprint density at radius 3 is 3.06 bits per heavy atom. The van der Waals surface area contributed by atoms with E-state index in [1.807, 2.05) is 0 Å². The Morgan fingerprint density at radius 1 is 1.53 bits per heavy atom. The van der Waals surface area contributed by atoms with Crippen molar-refractivity contribution in [3.63, 3.8) is 0 Å². The Kier molecular flexibility index (Phi) is 3.09. The van der Waals surface area contributed by atoms with Gasteiger partial charge in [0.25, 0.3) is 0 Å². The number of amides is 1. The van der Waals surface area contributed by atoms with Crippen LogP contribution in [0.2, 0.25) is 0 Å². The van der Waals surface area contributed by atoms with Gasteiger partial charge >= 0.3 is 6.09 Å². The van der Waals surface area contributed by atoms with Gasteiger partial charge in [-0.1, -0.05) is 6.07 Å². The smallest absolute Gasteiger partial charge is 0.411 e. The number of hydrogen-bond donors (Lipinski definition) is 1. The molecule has 5 heteroatoms. The zero-order chi connectivity index (χ0) is 12.3. The molecule has 88 valence electrons. The monoisotopic (exact) mass is 233 g/mol. The van der Waals surface area contributed by atoms with Gasteiger partial charge < -0.3 is 9.15 Å². The molecule has 1 heterocycles. The number of aldehydes is 1. The van der Waals surface area contributed by atoms with Crippen molar-refractivity contribution in [2.24, 2.45) is 0 Å². The minimum absolute atomic E-state index is 0.285. The van der Waals surface area contributed by atoms with Crippen LogP contribution in [-0.4, -0.2) is 19.0 Å². The summed E-state index contributed by atoms with van der Waals surface area (Å²) in [5, 5.41) is 3.15. The van der Waals surface area contributed by atoms with Crippen molar-refractivity contribution in [1.29, 1.82) is 0 Å². The Morgan fingerprint density at radius 2 is 2.35 bits per heavy atom. The number of nitrogens with one attached hydrogen (secondary N) is 1. The fourth-order valence-electron chi connectivity index (χ4n) is 1.58. The number of rotatable bonds is 3. The van der Waals surface area contributed by atoms with E-state index in [1.165, 1.54) is 6.26 Å². The van der Waals surface area contributed by atoms with E-state index < -0.39 is 6.09 Å². The molecule has 0 aliphatic heterocycles. The summed E-state index contributed by atoms with van der Waals surface area (Å²) >= 11 is 0. The Labute approximate surface area is 97.4 Å². The third kappa shape index (κ3) is 2.13. The van der Waals surface area contributed by atoms with Gasteiger partial charge in [-0.15, -0.1) is 0 Å². The summed E-state index contributed by atoms with van der Waals surface area (Å²) in [4.78, 5) is 22.2. The molecule has 2 aromatic rings. The predicted octanol–water partition coefficient (Wildman–Crippen LogP) is 2.81. The SMILES string of the molecule is CCOC(=O)Nc1cccc2occ(C=O)c12. The molecule has 0 unspecified atom stereocenters. The molecular formula is C12H11NO4.